The molecule has 0 aromatic rings. The normalized spacial score (nSPS) is 28.9. The summed E-state index contributed by atoms with van der Waals surface area (Å²) in [5.41, 5.74) is -0.625. The molecule has 1 unspecified atom stereocenters. The van der Waals surface area contributed by atoms with Crippen molar-refractivity contribution >= 4 is 17.7 Å². The van der Waals surface area contributed by atoms with Gasteiger partial charge in [-0.3, -0.25) is 4.79 Å². The Kier molecular flexibility index (Phi) is 4.14. The average Bonchev–Trinajstić information content (AvgIpc) is 2.80. The second kappa shape index (κ2) is 5.41. The van der Waals surface area contributed by atoms with E-state index in [1.807, 2.05) is 11.8 Å². The van der Waals surface area contributed by atoms with Crippen molar-refractivity contribution in [2.24, 2.45) is 5.92 Å². The molecule has 16 heavy (non-hydrogen) atoms. The molecule has 1 aliphatic carbocycles. The van der Waals surface area contributed by atoms with Gasteiger partial charge in [0.2, 0.25) is 5.91 Å². The number of hydrogen-bond donors (Lipinski definition) is 2. The molecule has 2 aliphatic rings. The summed E-state index contributed by atoms with van der Waals surface area (Å²) < 4.78 is 0. The Morgan fingerprint density at radius 2 is 2.12 bits per heavy atom. The zero-order valence-electron chi connectivity index (χ0n) is 9.71. The first-order valence-corrected chi connectivity index (χ1v) is 7.43. The third-order valence-corrected chi connectivity index (χ3v) is 4.84. The Morgan fingerprint density at radius 1 is 1.38 bits per heavy atom. The molecule has 92 valence electrons. The summed E-state index contributed by atoms with van der Waals surface area (Å²) in [6.45, 7) is 0.451. The predicted molar refractivity (Wildman–Crippen MR) is 66.5 cm³/mol. The van der Waals surface area contributed by atoms with Gasteiger partial charge in [0.15, 0.2) is 0 Å². The van der Waals surface area contributed by atoms with E-state index in [2.05, 4.69) is 5.32 Å². The summed E-state index contributed by atoms with van der Waals surface area (Å²) in [6, 6.07) is 0. The molecule has 1 saturated heterocycles. The van der Waals surface area contributed by atoms with Crippen LogP contribution in [0.1, 0.15) is 38.5 Å². The van der Waals surface area contributed by atoms with E-state index < -0.39 is 5.60 Å². The van der Waals surface area contributed by atoms with Gasteiger partial charge >= 0.3 is 0 Å². The Hall–Kier alpha value is -0.220. The molecule has 0 radical (unpaired) electrons. The van der Waals surface area contributed by atoms with Crippen molar-refractivity contribution in [3.8, 4) is 0 Å². The van der Waals surface area contributed by atoms with E-state index in [1.54, 1.807) is 0 Å². The third kappa shape index (κ3) is 3.14. The summed E-state index contributed by atoms with van der Waals surface area (Å²) in [5, 5.41) is 13.2. The van der Waals surface area contributed by atoms with Gasteiger partial charge in [-0.25, -0.2) is 0 Å². The van der Waals surface area contributed by atoms with E-state index in [1.165, 1.54) is 6.42 Å². The quantitative estimate of drug-likeness (QED) is 0.790. The van der Waals surface area contributed by atoms with Crippen LogP contribution >= 0.6 is 11.8 Å². The molecule has 1 heterocycles. The lowest BCUT2D eigenvalue weighted by atomic mass is 9.85. The Labute approximate surface area is 101 Å². The van der Waals surface area contributed by atoms with Gasteiger partial charge in [0.25, 0.3) is 0 Å². The first-order chi connectivity index (χ1) is 7.70. The van der Waals surface area contributed by atoms with Crippen LogP contribution in [-0.2, 0) is 4.79 Å². The summed E-state index contributed by atoms with van der Waals surface area (Å²) in [4.78, 5) is 11.8. The van der Waals surface area contributed by atoms with Crippen LogP contribution < -0.4 is 5.32 Å². The zero-order chi connectivity index (χ0) is 11.4. The molecule has 1 saturated carbocycles. The summed E-state index contributed by atoms with van der Waals surface area (Å²) in [7, 11) is 0. The maximum absolute atomic E-state index is 11.8. The van der Waals surface area contributed by atoms with Crippen LogP contribution in [-0.4, -0.2) is 34.7 Å². The average molecular weight is 243 g/mol. The standard InChI is InChI=1S/C12H21NO2S/c14-11(10-4-7-16-8-10)13-9-12(15)5-2-1-3-6-12/h10,15H,1-9H2,(H,13,14). The number of rotatable bonds is 3. The van der Waals surface area contributed by atoms with Crippen molar-refractivity contribution in [2.45, 2.75) is 44.1 Å². The van der Waals surface area contributed by atoms with Gasteiger partial charge in [-0.2, -0.15) is 11.8 Å². The van der Waals surface area contributed by atoms with Gasteiger partial charge in [0.05, 0.1) is 5.60 Å². The lowest BCUT2D eigenvalue weighted by molar-refractivity contribution is -0.125. The molecule has 1 aliphatic heterocycles. The molecular weight excluding hydrogens is 222 g/mol. The highest BCUT2D eigenvalue weighted by atomic mass is 32.2. The third-order valence-electron chi connectivity index (χ3n) is 3.68. The second-order valence-electron chi connectivity index (χ2n) is 5.06. The molecule has 1 atom stereocenters. The van der Waals surface area contributed by atoms with Crippen molar-refractivity contribution in [3.05, 3.63) is 0 Å². The van der Waals surface area contributed by atoms with Gasteiger partial charge in [0.1, 0.15) is 0 Å². The Morgan fingerprint density at radius 3 is 2.75 bits per heavy atom. The van der Waals surface area contributed by atoms with Gasteiger partial charge in [-0.05, 0) is 25.0 Å². The number of thioether (sulfide) groups is 1. The van der Waals surface area contributed by atoms with Gasteiger partial charge in [-0.1, -0.05) is 19.3 Å². The monoisotopic (exact) mass is 243 g/mol. The van der Waals surface area contributed by atoms with Crippen molar-refractivity contribution in [1.82, 2.24) is 5.32 Å². The lowest BCUT2D eigenvalue weighted by Crippen LogP contribution is -2.45. The van der Waals surface area contributed by atoms with E-state index in [9.17, 15) is 9.90 Å². The molecule has 0 aromatic heterocycles. The molecule has 0 aromatic carbocycles. The van der Waals surface area contributed by atoms with Crippen LogP contribution in [0, 0.1) is 5.92 Å². The Bertz CT molecular complexity index is 245. The SMILES string of the molecule is O=C(NCC1(O)CCCCC1)C1CCSC1. The maximum atomic E-state index is 11.8. The first-order valence-electron chi connectivity index (χ1n) is 6.27. The minimum Gasteiger partial charge on any atom is -0.388 e. The summed E-state index contributed by atoms with van der Waals surface area (Å²) in [5.74, 6) is 2.37. The molecule has 2 N–H and O–H groups in total. The lowest BCUT2D eigenvalue weighted by Gasteiger charge is -2.32. The molecule has 2 fully saturated rings. The highest BCUT2D eigenvalue weighted by molar-refractivity contribution is 7.99. The minimum atomic E-state index is -0.625. The fourth-order valence-electron chi connectivity index (χ4n) is 2.52. The first kappa shape index (κ1) is 12.2. The summed E-state index contributed by atoms with van der Waals surface area (Å²) >= 11 is 1.85. The number of nitrogens with one attached hydrogen (secondary N) is 1. The van der Waals surface area contributed by atoms with Crippen LogP contribution in [0.5, 0.6) is 0 Å². The van der Waals surface area contributed by atoms with Crippen molar-refractivity contribution < 1.29 is 9.90 Å². The topological polar surface area (TPSA) is 49.3 Å². The predicted octanol–water partition coefficient (Wildman–Crippen LogP) is 1.55. The summed E-state index contributed by atoms with van der Waals surface area (Å²) in [6.07, 6.45) is 6.07. The molecule has 3 nitrogen and oxygen atoms in total. The molecule has 1 amide bonds. The van der Waals surface area contributed by atoms with Gasteiger partial charge in [0, 0.05) is 18.2 Å². The number of carbonyl (C=O) groups is 1. The minimum absolute atomic E-state index is 0.143. The number of carbonyl (C=O) groups excluding carboxylic acids is 1. The van der Waals surface area contributed by atoms with E-state index in [4.69, 9.17) is 0 Å². The van der Waals surface area contributed by atoms with Crippen LogP contribution in [0.3, 0.4) is 0 Å². The van der Waals surface area contributed by atoms with Crippen LogP contribution in [0.4, 0.5) is 0 Å². The molecule has 0 spiro atoms. The fraction of sp³-hybridized carbons (Fsp3) is 0.917. The van der Waals surface area contributed by atoms with Gasteiger partial charge in [-0.15, -0.1) is 0 Å². The number of amides is 1. The van der Waals surface area contributed by atoms with E-state index >= 15 is 0 Å². The maximum Gasteiger partial charge on any atom is 0.224 e. The molecular formula is C12H21NO2S. The number of aliphatic hydroxyl groups is 1. The van der Waals surface area contributed by atoms with Crippen LogP contribution in [0.15, 0.2) is 0 Å². The highest BCUT2D eigenvalue weighted by Crippen LogP contribution is 2.28. The van der Waals surface area contributed by atoms with Crippen molar-refractivity contribution in [3.63, 3.8) is 0 Å². The molecule has 4 heteroatoms. The molecule has 2 rings (SSSR count). The molecule has 0 bridgehead atoms. The second-order valence-corrected chi connectivity index (χ2v) is 6.21. The van der Waals surface area contributed by atoms with Crippen LogP contribution in [0.25, 0.3) is 0 Å². The van der Waals surface area contributed by atoms with E-state index in [0.717, 1.165) is 43.6 Å². The van der Waals surface area contributed by atoms with Crippen molar-refractivity contribution in [2.75, 3.05) is 18.1 Å². The number of hydrogen-bond acceptors (Lipinski definition) is 3. The smallest absolute Gasteiger partial charge is 0.224 e. The highest BCUT2D eigenvalue weighted by Gasteiger charge is 2.31. The largest absolute Gasteiger partial charge is 0.388 e. The Balaban J connectivity index is 1.75. The van der Waals surface area contributed by atoms with E-state index in [0.29, 0.717) is 6.54 Å². The van der Waals surface area contributed by atoms with E-state index in [-0.39, 0.29) is 11.8 Å². The van der Waals surface area contributed by atoms with Crippen LogP contribution in [0.2, 0.25) is 0 Å². The fourth-order valence-corrected chi connectivity index (χ4v) is 3.74. The van der Waals surface area contributed by atoms with Crippen molar-refractivity contribution in [1.29, 1.82) is 0 Å². The zero-order valence-corrected chi connectivity index (χ0v) is 10.5. The van der Waals surface area contributed by atoms with Gasteiger partial charge < -0.3 is 10.4 Å².